The number of hydrogen-bond acceptors (Lipinski definition) is 0. The van der Waals surface area contributed by atoms with Gasteiger partial charge in [0.25, 0.3) is 0 Å². The maximum absolute atomic E-state index is 3.56. The minimum absolute atomic E-state index is 1.07. The first-order valence-electron chi connectivity index (χ1n) is 10.4. The molecule has 0 radical (unpaired) electrons. The summed E-state index contributed by atoms with van der Waals surface area (Å²) in [5.74, 6) is 4.36. The average Bonchev–Trinajstić information content (AvgIpc) is 2.57. The summed E-state index contributed by atoms with van der Waals surface area (Å²) in [6, 6.07) is 0. The summed E-state index contributed by atoms with van der Waals surface area (Å²) >= 11 is 3.56. The summed E-state index contributed by atoms with van der Waals surface area (Å²) in [4.78, 5) is 0. The fourth-order valence-corrected chi connectivity index (χ4v) is 5.50. The van der Waals surface area contributed by atoms with Crippen LogP contribution in [0.3, 0.4) is 0 Å². The lowest BCUT2D eigenvalue weighted by Crippen LogP contribution is -2.25. The molecule has 0 spiro atoms. The summed E-state index contributed by atoms with van der Waals surface area (Å²) in [5, 5.41) is 1.20. The van der Waals surface area contributed by atoms with Gasteiger partial charge in [-0.1, -0.05) is 87.1 Å². The maximum atomic E-state index is 3.56. The fraction of sp³-hybridized carbons (Fsp3) is 1.00. The van der Waals surface area contributed by atoms with Crippen molar-refractivity contribution in [1.82, 2.24) is 0 Å². The molecule has 0 aromatic rings. The van der Waals surface area contributed by atoms with Gasteiger partial charge in [0.1, 0.15) is 0 Å². The topological polar surface area (TPSA) is 0 Å². The van der Waals surface area contributed by atoms with Gasteiger partial charge in [0.05, 0.1) is 0 Å². The third-order valence-electron chi connectivity index (χ3n) is 6.66. The molecule has 0 aromatic heterocycles. The molecule has 2 aliphatic rings. The Labute approximate surface area is 148 Å². The molecule has 0 aliphatic heterocycles. The standard InChI is InChI=1S/C21H39Br/c1-2-3-4-7-18-9-13-20(14-10-18)21-15-11-19(12-16-21)8-5-6-17-22/h18-21H,2-17H2,1H3. The Balaban J connectivity index is 1.58. The highest BCUT2D eigenvalue weighted by atomic mass is 79.9. The van der Waals surface area contributed by atoms with Crippen LogP contribution in [0.25, 0.3) is 0 Å². The number of halogens is 1. The highest BCUT2D eigenvalue weighted by Gasteiger charge is 2.30. The summed E-state index contributed by atoms with van der Waals surface area (Å²) in [5.41, 5.74) is 0. The zero-order valence-electron chi connectivity index (χ0n) is 15.0. The van der Waals surface area contributed by atoms with E-state index in [1.54, 1.807) is 51.4 Å². The SMILES string of the molecule is CCCCCC1CCC(C2CCC(CCCCBr)CC2)CC1. The van der Waals surface area contributed by atoms with E-state index >= 15 is 0 Å². The lowest BCUT2D eigenvalue weighted by Gasteiger charge is -2.38. The normalized spacial score (nSPS) is 33.0. The second kappa shape index (κ2) is 11.1. The molecule has 0 bridgehead atoms. The number of hydrogen-bond donors (Lipinski definition) is 0. The number of alkyl halides is 1. The van der Waals surface area contributed by atoms with Crippen molar-refractivity contribution in [2.24, 2.45) is 23.7 Å². The molecule has 0 nitrogen and oxygen atoms in total. The molecule has 0 atom stereocenters. The van der Waals surface area contributed by atoms with Crippen LogP contribution < -0.4 is 0 Å². The van der Waals surface area contributed by atoms with Crippen LogP contribution in [0, 0.1) is 23.7 Å². The Morgan fingerprint density at radius 1 is 0.636 bits per heavy atom. The van der Waals surface area contributed by atoms with Gasteiger partial charge in [-0.25, -0.2) is 0 Å². The second-order valence-corrected chi connectivity index (χ2v) is 9.04. The average molecular weight is 371 g/mol. The van der Waals surface area contributed by atoms with Gasteiger partial charge in [-0.15, -0.1) is 0 Å². The Morgan fingerprint density at radius 3 is 1.50 bits per heavy atom. The van der Waals surface area contributed by atoms with E-state index in [2.05, 4.69) is 22.9 Å². The second-order valence-electron chi connectivity index (χ2n) is 8.24. The molecule has 2 aliphatic carbocycles. The predicted molar refractivity (Wildman–Crippen MR) is 103 cm³/mol. The van der Waals surface area contributed by atoms with Crippen molar-refractivity contribution in [2.75, 3.05) is 5.33 Å². The van der Waals surface area contributed by atoms with E-state index < -0.39 is 0 Å². The lowest BCUT2D eigenvalue weighted by molar-refractivity contribution is 0.140. The largest absolute Gasteiger partial charge is 0.0928 e. The molecule has 22 heavy (non-hydrogen) atoms. The van der Waals surface area contributed by atoms with Crippen molar-refractivity contribution in [1.29, 1.82) is 0 Å². The first-order chi connectivity index (χ1) is 10.8. The van der Waals surface area contributed by atoms with E-state index in [-0.39, 0.29) is 0 Å². The van der Waals surface area contributed by atoms with E-state index in [9.17, 15) is 0 Å². The fourth-order valence-electron chi connectivity index (χ4n) is 5.11. The molecule has 1 heteroatoms. The van der Waals surface area contributed by atoms with Crippen LogP contribution >= 0.6 is 15.9 Å². The highest BCUT2D eigenvalue weighted by molar-refractivity contribution is 9.09. The van der Waals surface area contributed by atoms with Crippen molar-refractivity contribution in [3.05, 3.63) is 0 Å². The molecule has 0 N–H and O–H groups in total. The van der Waals surface area contributed by atoms with Crippen molar-refractivity contribution in [2.45, 2.75) is 103 Å². The summed E-state index contributed by atoms with van der Waals surface area (Å²) < 4.78 is 0. The van der Waals surface area contributed by atoms with E-state index in [1.165, 1.54) is 50.3 Å². The Bertz CT molecular complexity index is 231. The first kappa shape index (κ1) is 18.8. The van der Waals surface area contributed by atoms with Crippen LogP contribution in [0.2, 0.25) is 0 Å². The molecular weight excluding hydrogens is 332 g/mol. The van der Waals surface area contributed by atoms with Gasteiger partial charge in [-0.05, 0) is 55.8 Å². The Hall–Kier alpha value is 0.480. The summed E-state index contributed by atoms with van der Waals surface area (Å²) in [6.07, 6.45) is 22.6. The van der Waals surface area contributed by atoms with Gasteiger partial charge in [0.2, 0.25) is 0 Å². The van der Waals surface area contributed by atoms with Crippen LogP contribution in [0.5, 0.6) is 0 Å². The highest BCUT2D eigenvalue weighted by Crippen LogP contribution is 2.43. The van der Waals surface area contributed by atoms with Gasteiger partial charge >= 0.3 is 0 Å². The maximum Gasteiger partial charge on any atom is 0.00313 e. The molecule has 0 heterocycles. The van der Waals surface area contributed by atoms with Crippen LogP contribution in [0.1, 0.15) is 103 Å². The molecule has 0 amide bonds. The third-order valence-corrected chi connectivity index (χ3v) is 7.22. The van der Waals surface area contributed by atoms with Gasteiger partial charge in [0.15, 0.2) is 0 Å². The molecule has 0 saturated heterocycles. The molecule has 2 fully saturated rings. The molecule has 130 valence electrons. The van der Waals surface area contributed by atoms with E-state index in [0.29, 0.717) is 0 Å². The van der Waals surface area contributed by atoms with Gasteiger partial charge in [0, 0.05) is 5.33 Å². The molecule has 0 unspecified atom stereocenters. The quantitative estimate of drug-likeness (QED) is 0.287. The summed E-state index contributed by atoms with van der Waals surface area (Å²) in [6.45, 7) is 2.33. The minimum atomic E-state index is 1.07. The zero-order chi connectivity index (χ0) is 15.6. The van der Waals surface area contributed by atoms with Crippen molar-refractivity contribution >= 4 is 15.9 Å². The monoisotopic (exact) mass is 370 g/mol. The van der Waals surface area contributed by atoms with Crippen molar-refractivity contribution in [3.63, 3.8) is 0 Å². The first-order valence-corrected chi connectivity index (χ1v) is 11.5. The number of rotatable bonds is 9. The van der Waals surface area contributed by atoms with E-state index in [4.69, 9.17) is 0 Å². The Kier molecular flexibility index (Phi) is 9.50. The predicted octanol–water partition coefficient (Wildman–Crippen LogP) is 7.74. The summed E-state index contributed by atoms with van der Waals surface area (Å²) in [7, 11) is 0. The lowest BCUT2D eigenvalue weighted by atomic mass is 9.68. The van der Waals surface area contributed by atoms with E-state index in [1.807, 2.05) is 0 Å². The van der Waals surface area contributed by atoms with Gasteiger partial charge in [-0.2, -0.15) is 0 Å². The van der Waals surface area contributed by atoms with Crippen LogP contribution in [0.15, 0.2) is 0 Å². The molecular formula is C21H39Br. The molecule has 2 rings (SSSR count). The smallest absolute Gasteiger partial charge is 0.00313 e. The Morgan fingerprint density at radius 2 is 1.09 bits per heavy atom. The molecule has 0 aromatic carbocycles. The van der Waals surface area contributed by atoms with Gasteiger partial charge in [-0.3, -0.25) is 0 Å². The van der Waals surface area contributed by atoms with Crippen LogP contribution in [-0.2, 0) is 0 Å². The van der Waals surface area contributed by atoms with Crippen LogP contribution in [0.4, 0.5) is 0 Å². The van der Waals surface area contributed by atoms with Gasteiger partial charge < -0.3 is 0 Å². The number of unbranched alkanes of at least 4 members (excludes halogenated alkanes) is 3. The zero-order valence-corrected chi connectivity index (χ0v) is 16.6. The van der Waals surface area contributed by atoms with E-state index in [0.717, 1.165) is 23.7 Å². The van der Waals surface area contributed by atoms with Crippen molar-refractivity contribution in [3.8, 4) is 0 Å². The van der Waals surface area contributed by atoms with Crippen molar-refractivity contribution < 1.29 is 0 Å². The molecule has 2 saturated carbocycles. The van der Waals surface area contributed by atoms with Crippen LogP contribution in [-0.4, -0.2) is 5.33 Å². The minimum Gasteiger partial charge on any atom is -0.0928 e. The third kappa shape index (κ3) is 6.54.